The molecule has 2 rings (SSSR count). The van der Waals surface area contributed by atoms with Gasteiger partial charge in [-0.3, -0.25) is 0 Å². The fourth-order valence-electron chi connectivity index (χ4n) is 1.36. The zero-order valence-electron chi connectivity index (χ0n) is 10.1. The molecule has 0 saturated carbocycles. The Kier molecular flexibility index (Phi) is 3.46. The average Bonchev–Trinajstić information content (AvgIpc) is 2.43. The largest absolute Gasteiger partial charge is 0.504 e. The summed E-state index contributed by atoms with van der Waals surface area (Å²) < 4.78 is 0. The Morgan fingerprint density at radius 1 is 1.11 bits per heavy atom. The van der Waals surface area contributed by atoms with Crippen LogP contribution in [0.3, 0.4) is 0 Å². The number of benzene rings is 1. The standard InChI is InChI=1S/C12H12N4O3/c1-16(12-13-3-2-4-14-12)15-7-8-5-9(17)11(19)10(18)6-8/h2-7,17-19H,1H3/b15-7-. The van der Waals surface area contributed by atoms with Crippen molar-refractivity contribution in [3.63, 3.8) is 0 Å². The molecular weight excluding hydrogens is 248 g/mol. The van der Waals surface area contributed by atoms with E-state index in [1.54, 1.807) is 25.5 Å². The lowest BCUT2D eigenvalue weighted by Crippen LogP contribution is -2.12. The van der Waals surface area contributed by atoms with Crippen LogP contribution in [-0.2, 0) is 0 Å². The molecule has 0 spiro atoms. The predicted octanol–water partition coefficient (Wildman–Crippen LogP) is 1.06. The third kappa shape index (κ3) is 2.89. The topological polar surface area (TPSA) is 102 Å². The molecule has 7 nitrogen and oxygen atoms in total. The summed E-state index contributed by atoms with van der Waals surface area (Å²) in [7, 11) is 1.66. The number of hydrogen-bond donors (Lipinski definition) is 3. The molecule has 1 aromatic carbocycles. The third-order valence-corrected chi connectivity index (χ3v) is 2.31. The number of nitrogens with zero attached hydrogens (tertiary/aromatic N) is 4. The lowest BCUT2D eigenvalue weighted by molar-refractivity contribution is 0.368. The van der Waals surface area contributed by atoms with Gasteiger partial charge < -0.3 is 15.3 Å². The molecule has 1 aromatic heterocycles. The molecule has 2 aromatic rings. The van der Waals surface area contributed by atoms with Gasteiger partial charge in [-0.1, -0.05) is 0 Å². The van der Waals surface area contributed by atoms with Gasteiger partial charge in [-0.25, -0.2) is 15.0 Å². The van der Waals surface area contributed by atoms with E-state index in [1.165, 1.54) is 23.4 Å². The molecule has 0 atom stereocenters. The van der Waals surface area contributed by atoms with Crippen molar-refractivity contribution < 1.29 is 15.3 Å². The lowest BCUT2D eigenvalue weighted by Gasteiger charge is -2.09. The molecule has 7 heteroatoms. The quantitative estimate of drug-likeness (QED) is 0.433. The van der Waals surface area contributed by atoms with Gasteiger partial charge >= 0.3 is 0 Å². The van der Waals surface area contributed by atoms with E-state index in [-0.39, 0.29) is 0 Å². The maximum Gasteiger partial charge on any atom is 0.245 e. The first-order chi connectivity index (χ1) is 9.08. The van der Waals surface area contributed by atoms with Gasteiger partial charge in [0.05, 0.1) is 6.21 Å². The fourth-order valence-corrected chi connectivity index (χ4v) is 1.36. The zero-order valence-corrected chi connectivity index (χ0v) is 10.1. The summed E-state index contributed by atoms with van der Waals surface area (Å²) in [4.78, 5) is 8.00. The van der Waals surface area contributed by atoms with Gasteiger partial charge in [0, 0.05) is 25.0 Å². The van der Waals surface area contributed by atoms with Gasteiger partial charge in [-0.2, -0.15) is 5.10 Å². The molecule has 0 saturated heterocycles. The number of hydrogen-bond acceptors (Lipinski definition) is 7. The second-order valence-electron chi connectivity index (χ2n) is 3.72. The highest BCUT2D eigenvalue weighted by atomic mass is 16.3. The number of anilines is 1. The first kappa shape index (κ1) is 12.6. The average molecular weight is 260 g/mol. The zero-order chi connectivity index (χ0) is 13.8. The maximum absolute atomic E-state index is 9.35. The minimum absolute atomic E-state index is 0.408. The summed E-state index contributed by atoms with van der Waals surface area (Å²) in [5, 5.41) is 33.4. The van der Waals surface area contributed by atoms with Crippen LogP contribution in [0.2, 0.25) is 0 Å². The van der Waals surface area contributed by atoms with Crippen molar-refractivity contribution >= 4 is 12.2 Å². The lowest BCUT2D eigenvalue weighted by atomic mass is 10.2. The Labute approximate surface area is 109 Å². The van der Waals surface area contributed by atoms with Crippen LogP contribution in [0.15, 0.2) is 35.7 Å². The summed E-state index contributed by atoms with van der Waals surface area (Å²) in [6, 6.07) is 4.24. The van der Waals surface area contributed by atoms with E-state index in [1.807, 2.05) is 0 Å². The highest BCUT2D eigenvalue weighted by Gasteiger charge is 2.07. The van der Waals surface area contributed by atoms with Crippen LogP contribution in [-0.4, -0.2) is 38.5 Å². The third-order valence-electron chi connectivity index (χ3n) is 2.31. The van der Waals surface area contributed by atoms with Crippen molar-refractivity contribution in [2.75, 3.05) is 12.1 Å². The molecule has 0 aliphatic carbocycles. The molecule has 1 heterocycles. The van der Waals surface area contributed by atoms with Crippen LogP contribution < -0.4 is 5.01 Å². The molecule has 98 valence electrons. The van der Waals surface area contributed by atoms with E-state index >= 15 is 0 Å². The highest BCUT2D eigenvalue weighted by molar-refractivity contribution is 5.82. The van der Waals surface area contributed by atoms with E-state index in [0.29, 0.717) is 11.5 Å². The first-order valence-electron chi connectivity index (χ1n) is 5.37. The number of phenols is 3. The SMILES string of the molecule is CN(/N=C\c1cc(O)c(O)c(O)c1)c1ncccn1. The van der Waals surface area contributed by atoms with Crippen molar-refractivity contribution in [2.24, 2.45) is 5.10 Å². The molecule has 3 N–H and O–H groups in total. The second kappa shape index (κ2) is 5.21. The summed E-state index contributed by atoms with van der Waals surface area (Å²) in [5.41, 5.74) is 0.426. The van der Waals surface area contributed by atoms with E-state index in [4.69, 9.17) is 0 Å². The molecule has 0 amide bonds. The Morgan fingerprint density at radius 2 is 1.68 bits per heavy atom. The number of aromatic nitrogens is 2. The fraction of sp³-hybridized carbons (Fsp3) is 0.0833. The van der Waals surface area contributed by atoms with Gasteiger partial charge in [-0.15, -0.1) is 0 Å². The smallest absolute Gasteiger partial charge is 0.245 e. The maximum atomic E-state index is 9.35. The van der Waals surface area contributed by atoms with E-state index in [0.717, 1.165) is 0 Å². The Bertz CT molecular complexity index is 578. The van der Waals surface area contributed by atoms with Crippen molar-refractivity contribution in [1.29, 1.82) is 0 Å². The number of rotatable bonds is 3. The normalized spacial score (nSPS) is 10.8. The van der Waals surface area contributed by atoms with E-state index in [9.17, 15) is 15.3 Å². The molecule has 0 radical (unpaired) electrons. The molecule has 0 aliphatic heterocycles. The Morgan fingerprint density at radius 3 is 2.26 bits per heavy atom. The van der Waals surface area contributed by atoms with Gasteiger partial charge in [0.15, 0.2) is 17.2 Å². The second-order valence-corrected chi connectivity index (χ2v) is 3.72. The first-order valence-corrected chi connectivity index (χ1v) is 5.37. The molecular formula is C12H12N4O3. The molecule has 0 aliphatic rings. The Hall–Kier alpha value is -2.83. The predicted molar refractivity (Wildman–Crippen MR) is 69.5 cm³/mol. The molecule has 0 unspecified atom stereocenters. The molecule has 19 heavy (non-hydrogen) atoms. The number of aromatic hydroxyl groups is 3. The van der Waals surface area contributed by atoms with Gasteiger partial charge in [-0.05, 0) is 18.2 Å². The Balaban J connectivity index is 2.19. The van der Waals surface area contributed by atoms with E-state index < -0.39 is 17.2 Å². The summed E-state index contributed by atoms with van der Waals surface area (Å²) in [6.07, 6.45) is 4.58. The minimum atomic E-state index is -0.558. The summed E-state index contributed by atoms with van der Waals surface area (Å²) in [5.74, 6) is -0.983. The highest BCUT2D eigenvalue weighted by Crippen LogP contribution is 2.34. The molecule has 0 fully saturated rings. The summed E-state index contributed by atoms with van der Waals surface area (Å²) >= 11 is 0. The van der Waals surface area contributed by atoms with Gasteiger partial charge in [0.2, 0.25) is 5.95 Å². The van der Waals surface area contributed by atoms with Crippen LogP contribution >= 0.6 is 0 Å². The van der Waals surface area contributed by atoms with Crippen LogP contribution in [0.5, 0.6) is 17.2 Å². The van der Waals surface area contributed by atoms with Gasteiger partial charge in [0.25, 0.3) is 0 Å². The van der Waals surface area contributed by atoms with Crippen LogP contribution in [0.25, 0.3) is 0 Å². The number of phenolic OH excluding ortho intramolecular Hbond substituents is 3. The van der Waals surface area contributed by atoms with Crippen molar-refractivity contribution in [3.05, 3.63) is 36.2 Å². The molecule has 0 bridgehead atoms. The van der Waals surface area contributed by atoms with Crippen molar-refractivity contribution in [1.82, 2.24) is 9.97 Å². The van der Waals surface area contributed by atoms with E-state index in [2.05, 4.69) is 15.1 Å². The van der Waals surface area contributed by atoms with Crippen molar-refractivity contribution in [3.8, 4) is 17.2 Å². The minimum Gasteiger partial charge on any atom is -0.504 e. The van der Waals surface area contributed by atoms with Gasteiger partial charge in [0.1, 0.15) is 0 Å². The van der Waals surface area contributed by atoms with Crippen LogP contribution in [0.4, 0.5) is 5.95 Å². The van der Waals surface area contributed by atoms with Crippen molar-refractivity contribution in [2.45, 2.75) is 0 Å². The van der Waals surface area contributed by atoms with Crippen LogP contribution in [0, 0.1) is 0 Å². The monoisotopic (exact) mass is 260 g/mol. The van der Waals surface area contributed by atoms with Crippen LogP contribution in [0.1, 0.15) is 5.56 Å². The summed E-state index contributed by atoms with van der Waals surface area (Å²) in [6.45, 7) is 0. The number of hydrazone groups is 1.